The first-order valence-corrected chi connectivity index (χ1v) is 7.92. The van der Waals surface area contributed by atoms with Gasteiger partial charge in [-0.1, -0.05) is 6.07 Å². The van der Waals surface area contributed by atoms with Crippen molar-refractivity contribution in [1.29, 1.82) is 0 Å². The van der Waals surface area contributed by atoms with Crippen LogP contribution in [0.15, 0.2) is 35.4 Å². The van der Waals surface area contributed by atoms with Crippen molar-refractivity contribution >= 4 is 15.7 Å². The lowest BCUT2D eigenvalue weighted by Gasteiger charge is -2.15. The Morgan fingerprint density at radius 1 is 1.14 bits per heavy atom. The number of nitrogens with zero attached hydrogens (tertiary/aromatic N) is 1. The van der Waals surface area contributed by atoms with Crippen molar-refractivity contribution in [3.8, 4) is 5.75 Å². The maximum atomic E-state index is 12.6. The highest BCUT2D eigenvalue weighted by atomic mass is 32.2. The third-order valence-corrected chi connectivity index (χ3v) is 4.59. The number of hydrogen-bond donors (Lipinski definition) is 1. The molecule has 0 bridgehead atoms. The number of sulfonamides is 1. The molecule has 1 aromatic heterocycles. The maximum absolute atomic E-state index is 12.6. The van der Waals surface area contributed by atoms with Crippen LogP contribution in [0.25, 0.3) is 0 Å². The number of rotatable bonds is 4. The molecule has 0 aliphatic rings. The summed E-state index contributed by atoms with van der Waals surface area (Å²) in [6.45, 7) is 5.45. The first-order valence-electron chi connectivity index (χ1n) is 6.44. The average Bonchev–Trinajstić information content (AvgIpc) is 2.36. The van der Waals surface area contributed by atoms with Crippen molar-refractivity contribution in [2.24, 2.45) is 0 Å². The van der Waals surface area contributed by atoms with Crippen molar-refractivity contribution in [3.05, 3.63) is 47.3 Å². The second-order valence-electron chi connectivity index (χ2n) is 4.90. The van der Waals surface area contributed by atoms with Gasteiger partial charge in [-0.15, -0.1) is 0 Å². The molecule has 0 amide bonds. The molecule has 0 fully saturated rings. The smallest absolute Gasteiger partial charge is 0.265 e. The van der Waals surface area contributed by atoms with Crippen LogP contribution in [0.1, 0.15) is 16.8 Å². The van der Waals surface area contributed by atoms with E-state index in [1.54, 1.807) is 38.2 Å². The molecule has 1 N–H and O–H groups in total. The van der Waals surface area contributed by atoms with E-state index in [1.807, 2.05) is 13.0 Å². The minimum absolute atomic E-state index is 0.157. The van der Waals surface area contributed by atoms with Crippen molar-refractivity contribution in [2.75, 3.05) is 11.8 Å². The highest BCUT2D eigenvalue weighted by molar-refractivity contribution is 7.92. The van der Waals surface area contributed by atoms with E-state index >= 15 is 0 Å². The fraction of sp³-hybridized carbons (Fsp3) is 0.267. The molecular weight excluding hydrogens is 288 g/mol. The number of aryl methyl sites for hydroxylation is 3. The van der Waals surface area contributed by atoms with Gasteiger partial charge < -0.3 is 4.74 Å². The standard InChI is InChI=1S/C15H18N2O3S/c1-10-7-11(2)15(14(8-10)20-4)21(18,19)17-13-5-6-16-12(3)9-13/h5-9H,1-4H3,(H,16,17). The summed E-state index contributed by atoms with van der Waals surface area (Å²) in [5.74, 6) is 0.339. The van der Waals surface area contributed by atoms with Gasteiger partial charge >= 0.3 is 0 Å². The van der Waals surface area contributed by atoms with E-state index in [2.05, 4.69) is 9.71 Å². The number of benzene rings is 1. The Morgan fingerprint density at radius 2 is 1.86 bits per heavy atom. The number of nitrogens with one attached hydrogen (secondary N) is 1. The number of aromatic nitrogens is 1. The Kier molecular flexibility index (Phi) is 4.18. The van der Waals surface area contributed by atoms with E-state index in [4.69, 9.17) is 4.74 Å². The van der Waals surface area contributed by atoms with Crippen LogP contribution >= 0.6 is 0 Å². The number of hydrogen-bond acceptors (Lipinski definition) is 4. The summed E-state index contributed by atoms with van der Waals surface area (Å²) < 4.78 is 33.0. The van der Waals surface area contributed by atoms with Crippen LogP contribution in [-0.4, -0.2) is 20.5 Å². The van der Waals surface area contributed by atoms with Gasteiger partial charge in [0.1, 0.15) is 10.6 Å². The molecule has 1 aromatic carbocycles. The summed E-state index contributed by atoms with van der Waals surface area (Å²) in [6, 6.07) is 6.81. The third-order valence-electron chi connectivity index (χ3n) is 3.02. The fourth-order valence-electron chi connectivity index (χ4n) is 2.23. The largest absolute Gasteiger partial charge is 0.495 e. The molecular formula is C15H18N2O3S. The summed E-state index contributed by atoms with van der Waals surface area (Å²) in [4.78, 5) is 4.20. The van der Waals surface area contributed by atoms with Gasteiger partial charge in [-0.2, -0.15) is 0 Å². The molecule has 0 saturated heterocycles. The lowest BCUT2D eigenvalue weighted by molar-refractivity contribution is 0.402. The van der Waals surface area contributed by atoms with Crippen LogP contribution in [-0.2, 0) is 10.0 Å². The highest BCUT2D eigenvalue weighted by Crippen LogP contribution is 2.30. The Balaban J connectivity index is 2.50. The van der Waals surface area contributed by atoms with Gasteiger partial charge in [-0.05, 0) is 50.1 Å². The Labute approximate surface area is 125 Å². The molecule has 0 aliphatic heterocycles. The van der Waals surface area contributed by atoms with Gasteiger partial charge in [0, 0.05) is 11.9 Å². The quantitative estimate of drug-likeness (QED) is 0.943. The topological polar surface area (TPSA) is 68.3 Å². The van der Waals surface area contributed by atoms with Gasteiger partial charge in [0.2, 0.25) is 0 Å². The summed E-state index contributed by atoms with van der Waals surface area (Å²) in [5.41, 5.74) is 2.81. The summed E-state index contributed by atoms with van der Waals surface area (Å²) in [5, 5.41) is 0. The summed E-state index contributed by atoms with van der Waals surface area (Å²) >= 11 is 0. The number of methoxy groups -OCH3 is 1. The zero-order valence-electron chi connectivity index (χ0n) is 12.5. The minimum atomic E-state index is -3.72. The lowest BCUT2D eigenvalue weighted by atomic mass is 10.1. The molecule has 5 nitrogen and oxygen atoms in total. The molecule has 0 saturated carbocycles. The summed E-state index contributed by atoms with van der Waals surface area (Å²) in [6.07, 6.45) is 1.56. The van der Waals surface area contributed by atoms with Gasteiger partial charge in [-0.3, -0.25) is 9.71 Å². The fourth-order valence-corrected chi connectivity index (χ4v) is 3.66. The maximum Gasteiger partial charge on any atom is 0.265 e. The zero-order chi connectivity index (χ0) is 15.6. The molecule has 0 unspecified atom stereocenters. The van der Waals surface area contributed by atoms with E-state index in [0.717, 1.165) is 11.3 Å². The summed E-state index contributed by atoms with van der Waals surface area (Å²) in [7, 11) is -2.26. The Hall–Kier alpha value is -2.08. The molecule has 21 heavy (non-hydrogen) atoms. The number of ether oxygens (including phenoxy) is 1. The van der Waals surface area contributed by atoms with Crippen LogP contribution in [0.3, 0.4) is 0 Å². The Bertz CT molecular complexity index is 770. The normalized spacial score (nSPS) is 11.2. The van der Waals surface area contributed by atoms with Crippen LogP contribution in [0, 0.1) is 20.8 Å². The van der Waals surface area contributed by atoms with E-state index in [1.165, 1.54) is 7.11 Å². The molecule has 0 aliphatic carbocycles. The van der Waals surface area contributed by atoms with E-state index < -0.39 is 10.0 Å². The molecule has 1 heterocycles. The molecule has 0 atom stereocenters. The van der Waals surface area contributed by atoms with Crippen molar-refractivity contribution in [2.45, 2.75) is 25.7 Å². The van der Waals surface area contributed by atoms with Crippen molar-refractivity contribution < 1.29 is 13.2 Å². The average molecular weight is 306 g/mol. The van der Waals surface area contributed by atoms with Crippen LogP contribution < -0.4 is 9.46 Å². The molecule has 0 spiro atoms. The molecule has 2 rings (SSSR count). The SMILES string of the molecule is COc1cc(C)cc(C)c1S(=O)(=O)Nc1ccnc(C)c1. The van der Waals surface area contributed by atoms with Gasteiger partial charge in [0.05, 0.1) is 12.8 Å². The second kappa shape index (κ2) is 5.73. The first kappa shape index (κ1) is 15.3. The minimum Gasteiger partial charge on any atom is -0.495 e. The molecule has 112 valence electrons. The van der Waals surface area contributed by atoms with Crippen LogP contribution in [0.2, 0.25) is 0 Å². The van der Waals surface area contributed by atoms with Crippen LogP contribution in [0.4, 0.5) is 5.69 Å². The molecule has 0 radical (unpaired) electrons. The molecule has 6 heteroatoms. The monoisotopic (exact) mass is 306 g/mol. The number of anilines is 1. The third kappa shape index (κ3) is 3.33. The van der Waals surface area contributed by atoms with Gasteiger partial charge in [0.25, 0.3) is 10.0 Å². The second-order valence-corrected chi connectivity index (χ2v) is 6.52. The van der Waals surface area contributed by atoms with Gasteiger partial charge in [0.15, 0.2) is 0 Å². The molecule has 2 aromatic rings. The van der Waals surface area contributed by atoms with E-state index in [0.29, 0.717) is 17.0 Å². The zero-order valence-corrected chi connectivity index (χ0v) is 13.3. The van der Waals surface area contributed by atoms with E-state index in [9.17, 15) is 8.42 Å². The lowest BCUT2D eigenvalue weighted by Crippen LogP contribution is -2.16. The van der Waals surface area contributed by atoms with Crippen molar-refractivity contribution in [3.63, 3.8) is 0 Å². The predicted octanol–water partition coefficient (Wildman–Crippen LogP) is 2.82. The van der Waals surface area contributed by atoms with Crippen LogP contribution in [0.5, 0.6) is 5.75 Å². The first-order chi connectivity index (χ1) is 9.83. The van der Waals surface area contributed by atoms with Gasteiger partial charge in [-0.25, -0.2) is 8.42 Å². The highest BCUT2D eigenvalue weighted by Gasteiger charge is 2.22. The van der Waals surface area contributed by atoms with Crippen molar-refractivity contribution in [1.82, 2.24) is 4.98 Å². The predicted molar refractivity (Wildman–Crippen MR) is 82.3 cm³/mol. The van der Waals surface area contributed by atoms with E-state index in [-0.39, 0.29) is 4.90 Å². The number of pyridine rings is 1. The Morgan fingerprint density at radius 3 is 2.48 bits per heavy atom.